The van der Waals surface area contributed by atoms with Gasteiger partial charge in [0.05, 0.1) is 5.69 Å². The van der Waals surface area contributed by atoms with E-state index in [1.807, 2.05) is 6.07 Å². The molecule has 2 aromatic rings. The summed E-state index contributed by atoms with van der Waals surface area (Å²) in [5.41, 5.74) is 1.14. The fraction of sp³-hybridized carbons (Fsp3) is 0.412. The second-order valence-electron chi connectivity index (χ2n) is 6.17. The number of carbonyl (C=O) groups is 1. The van der Waals surface area contributed by atoms with Gasteiger partial charge in [-0.05, 0) is 37.8 Å². The van der Waals surface area contributed by atoms with E-state index in [1.54, 1.807) is 12.1 Å². The summed E-state index contributed by atoms with van der Waals surface area (Å²) in [6.45, 7) is 1.75. The monoisotopic (exact) mass is 315 g/mol. The number of amides is 1. The molecule has 0 bridgehead atoms. The van der Waals surface area contributed by atoms with Crippen molar-refractivity contribution >= 4 is 17.3 Å². The molecule has 23 heavy (non-hydrogen) atoms. The van der Waals surface area contributed by atoms with E-state index in [0.29, 0.717) is 5.92 Å². The second kappa shape index (κ2) is 5.68. The van der Waals surface area contributed by atoms with Crippen LogP contribution in [0.15, 0.2) is 28.8 Å². The molecule has 1 aliphatic heterocycles. The van der Waals surface area contributed by atoms with Crippen molar-refractivity contribution in [3.63, 3.8) is 0 Å². The van der Waals surface area contributed by atoms with Crippen LogP contribution in [-0.2, 0) is 0 Å². The fourth-order valence-electron chi connectivity index (χ4n) is 2.99. The highest BCUT2D eigenvalue weighted by Gasteiger charge is 2.29. The first-order valence-corrected chi connectivity index (χ1v) is 8.04. The number of aromatic nitrogens is 1. The Kier molecular flexibility index (Phi) is 3.52. The topological polar surface area (TPSA) is 58.4 Å². The van der Waals surface area contributed by atoms with Crippen LogP contribution in [0.3, 0.4) is 0 Å². The molecule has 1 saturated carbocycles. The third kappa shape index (κ3) is 2.81. The Labute approximate surface area is 133 Å². The predicted molar refractivity (Wildman–Crippen MR) is 84.3 cm³/mol. The number of halogens is 1. The lowest BCUT2D eigenvalue weighted by Crippen LogP contribution is -2.22. The summed E-state index contributed by atoms with van der Waals surface area (Å²) in [4.78, 5) is 14.5. The Hall–Kier alpha value is -2.37. The molecule has 1 aliphatic carbocycles. The van der Waals surface area contributed by atoms with Crippen molar-refractivity contribution in [2.75, 3.05) is 23.3 Å². The summed E-state index contributed by atoms with van der Waals surface area (Å²) in [6, 6.07) is 6.51. The first kappa shape index (κ1) is 14.2. The molecule has 0 atom stereocenters. The van der Waals surface area contributed by atoms with Gasteiger partial charge in [-0.1, -0.05) is 11.2 Å². The molecular formula is C17H18FN3O2. The minimum Gasteiger partial charge on any atom is -0.370 e. The molecule has 1 amide bonds. The van der Waals surface area contributed by atoms with Gasteiger partial charge in [-0.25, -0.2) is 4.39 Å². The van der Waals surface area contributed by atoms with Crippen LogP contribution in [0.4, 0.5) is 15.8 Å². The summed E-state index contributed by atoms with van der Waals surface area (Å²) < 4.78 is 19.4. The molecule has 2 aliphatic rings. The van der Waals surface area contributed by atoms with E-state index in [4.69, 9.17) is 4.52 Å². The third-order valence-electron chi connectivity index (χ3n) is 4.42. The lowest BCUT2D eigenvalue weighted by Gasteiger charge is -2.21. The molecule has 1 saturated heterocycles. The van der Waals surface area contributed by atoms with Gasteiger partial charge in [-0.15, -0.1) is 0 Å². The fourth-order valence-corrected chi connectivity index (χ4v) is 2.99. The predicted octanol–water partition coefficient (Wildman–Crippen LogP) is 3.54. The van der Waals surface area contributed by atoms with Crippen LogP contribution in [0.2, 0.25) is 0 Å². The van der Waals surface area contributed by atoms with Crippen molar-refractivity contribution in [1.29, 1.82) is 0 Å². The first-order chi connectivity index (χ1) is 11.2. The van der Waals surface area contributed by atoms with Crippen LogP contribution >= 0.6 is 0 Å². The number of nitrogens with zero attached hydrogens (tertiary/aromatic N) is 2. The quantitative estimate of drug-likeness (QED) is 0.937. The molecule has 0 unspecified atom stereocenters. The first-order valence-electron chi connectivity index (χ1n) is 8.04. The van der Waals surface area contributed by atoms with Crippen molar-refractivity contribution in [2.24, 2.45) is 0 Å². The van der Waals surface area contributed by atoms with E-state index in [1.165, 1.54) is 6.07 Å². The van der Waals surface area contributed by atoms with E-state index in [0.717, 1.165) is 50.2 Å². The van der Waals surface area contributed by atoms with Crippen LogP contribution in [0, 0.1) is 5.82 Å². The molecule has 4 rings (SSSR count). The average molecular weight is 315 g/mol. The number of para-hydroxylation sites is 1. The highest BCUT2D eigenvalue weighted by molar-refractivity contribution is 6.04. The minimum atomic E-state index is -0.439. The molecular weight excluding hydrogens is 297 g/mol. The lowest BCUT2D eigenvalue weighted by atomic mass is 10.2. The second-order valence-corrected chi connectivity index (χ2v) is 6.17. The Morgan fingerprint density at radius 2 is 2.09 bits per heavy atom. The van der Waals surface area contributed by atoms with Crippen molar-refractivity contribution in [1.82, 2.24) is 5.16 Å². The molecule has 0 spiro atoms. The maximum absolute atomic E-state index is 14.2. The Morgan fingerprint density at radius 1 is 1.30 bits per heavy atom. The number of hydrogen-bond donors (Lipinski definition) is 1. The van der Waals surface area contributed by atoms with Crippen molar-refractivity contribution < 1.29 is 13.7 Å². The average Bonchev–Trinajstić information content (AvgIpc) is 3.06. The van der Waals surface area contributed by atoms with Crippen LogP contribution < -0.4 is 10.2 Å². The van der Waals surface area contributed by atoms with Crippen LogP contribution in [0.5, 0.6) is 0 Å². The van der Waals surface area contributed by atoms with E-state index in [9.17, 15) is 9.18 Å². The Balaban J connectivity index is 1.58. The highest BCUT2D eigenvalue weighted by Crippen LogP contribution is 2.40. The van der Waals surface area contributed by atoms with E-state index in [2.05, 4.69) is 15.4 Å². The number of nitrogens with one attached hydrogen (secondary N) is 1. The number of carbonyl (C=O) groups excluding carboxylic acids is 1. The summed E-state index contributed by atoms with van der Waals surface area (Å²) in [7, 11) is 0. The van der Waals surface area contributed by atoms with E-state index in [-0.39, 0.29) is 11.4 Å². The summed E-state index contributed by atoms with van der Waals surface area (Å²) in [5, 5.41) is 6.47. The molecule has 1 N–H and O–H groups in total. The van der Waals surface area contributed by atoms with Gasteiger partial charge >= 0.3 is 0 Å². The lowest BCUT2D eigenvalue weighted by molar-refractivity contribution is 0.101. The molecule has 1 aromatic carbocycles. The zero-order valence-electron chi connectivity index (χ0n) is 12.7. The molecule has 1 aromatic heterocycles. The highest BCUT2D eigenvalue weighted by atomic mass is 19.1. The van der Waals surface area contributed by atoms with Crippen molar-refractivity contribution in [3.05, 3.63) is 41.5 Å². The SMILES string of the molecule is O=C(Nc1c(F)cccc1N1CCCC1)c1cc(C2CC2)on1. The van der Waals surface area contributed by atoms with Gasteiger partial charge in [0.25, 0.3) is 5.91 Å². The third-order valence-corrected chi connectivity index (χ3v) is 4.42. The van der Waals surface area contributed by atoms with Gasteiger partial charge in [0.15, 0.2) is 5.69 Å². The summed E-state index contributed by atoms with van der Waals surface area (Å²) in [5.74, 6) is 0.251. The Bertz CT molecular complexity index is 733. The largest absolute Gasteiger partial charge is 0.370 e. The maximum Gasteiger partial charge on any atom is 0.277 e. The smallest absolute Gasteiger partial charge is 0.277 e. The van der Waals surface area contributed by atoms with Crippen LogP contribution in [0.1, 0.15) is 47.8 Å². The van der Waals surface area contributed by atoms with Gasteiger partial charge in [0, 0.05) is 25.1 Å². The zero-order chi connectivity index (χ0) is 15.8. The van der Waals surface area contributed by atoms with Crippen molar-refractivity contribution in [2.45, 2.75) is 31.6 Å². The standard InChI is InChI=1S/C17H18FN3O2/c18-12-4-3-5-14(21-8-1-2-9-21)16(12)19-17(22)13-10-15(23-20-13)11-6-7-11/h3-5,10-11H,1-2,6-9H2,(H,19,22). The zero-order valence-corrected chi connectivity index (χ0v) is 12.7. The molecule has 2 heterocycles. The summed E-state index contributed by atoms with van der Waals surface area (Å²) in [6.07, 6.45) is 4.31. The molecule has 120 valence electrons. The Morgan fingerprint density at radius 3 is 2.83 bits per heavy atom. The van der Waals surface area contributed by atoms with Gasteiger partial charge in [-0.2, -0.15) is 0 Å². The minimum absolute atomic E-state index is 0.197. The number of hydrogen-bond acceptors (Lipinski definition) is 4. The van der Waals surface area contributed by atoms with Gasteiger partial charge in [-0.3, -0.25) is 4.79 Å². The molecule has 6 heteroatoms. The van der Waals surface area contributed by atoms with Gasteiger partial charge in [0.2, 0.25) is 0 Å². The number of anilines is 2. The normalized spacial score (nSPS) is 17.5. The van der Waals surface area contributed by atoms with Gasteiger partial charge in [0.1, 0.15) is 17.3 Å². The summed E-state index contributed by atoms with van der Waals surface area (Å²) >= 11 is 0. The molecule has 2 fully saturated rings. The van der Waals surface area contributed by atoms with Crippen LogP contribution in [0.25, 0.3) is 0 Å². The van der Waals surface area contributed by atoms with E-state index >= 15 is 0 Å². The van der Waals surface area contributed by atoms with E-state index < -0.39 is 11.7 Å². The maximum atomic E-state index is 14.2. The number of rotatable bonds is 4. The molecule has 5 nitrogen and oxygen atoms in total. The van der Waals surface area contributed by atoms with Crippen LogP contribution in [-0.4, -0.2) is 24.2 Å². The van der Waals surface area contributed by atoms with Gasteiger partial charge < -0.3 is 14.7 Å². The molecule has 0 radical (unpaired) electrons. The van der Waals surface area contributed by atoms with Crippen molar-refractivity contribution in [3.8, 4) is 0 Å². The number of benzene rings is 1.